The van der Waals surface area contributed by atoms with Gasteiger partial charge < -0.3 is 20.3 Å². The van der Waals surface area contributed by atoms with Gasteiger partial charge in [-0.1, -0.05) is 6.07 Å². The quantitative estimate of drug-likeness (QED) is 0.843. The third kappa shape index (κ3) is 4.73. The SMILES string of the molecule is CCOc1cc(C(=O)N(C)C)ccc1NC(=O)NCc1cccs1. The second-order valence-electron chi connectivity index (χ2n) is 5.23. The lowest BCUT2D eigenvalue weighted by molar-refractivity contribution is 0.0827. The summed E-state index contributed by atoms with van der Waals surface area (Å²) in [4.78, 5) is 26.6. The van der Waals surface area contributed by atoms with E-state index in [0.29, 0.717) is 30.2 Å². The number of hydrogen-bond acceptors (Lipinski definition) is 4. The zero-order chi connectivity index (χ0) is 17.5. The molecule has 0 aliphatic heterocycles. The van der Waals surface area contributed by atoms with Gasteiger partial charge in [0.1, 0.15) is 5.75 Å². The summed E-state index contributed by atoms with van der Waals surface area (Å²) in [5.41, 5.74) is 1.03. The van der Waals surface area contributed by atoms with Gasteiger partial charge in [0.2, 0.25) is 0 Å². The van der Waals surface area contributed by atoms with E-state index in [4.69, 9.17) is 4.74 Å². The molecular formula is C17H21N3O3S. The summed E-state index contributed by atoms with van der Waals surface area (Å²) in [6.45, 7) is 2.75. The maximum Gasteiger partial charge on any atom is 0.319 e. The highest BCUT2D eigenvalue weighted by Crippen LogP contribution is 2.26. The number of amides is 3. The summed E-state index contributed by atoms with van der Waals surface area (Å²) >= 11 is 1.58. The van der Waals surface area contributed by atoms with Gasteiger partial charge in [0.15, 0.2) is 0 Å². The second-order valence-corrected chi connectivity index (χ2v) is 6.26. The molecular weight excluding hydrogens is 326 g/mol. The lowest BCUT2D eigenvalue weighted by Crippen LogP contribution is -2.28. The van der Waals surface area contributed by atoms with Crippen LogP contribution in [0.25, 0.3) is 0 Å². The van der Waals surface area contributed by atoms with Crippen molar-refractivity contribution in [2.45, 2.75) is 13.5 Å². The molecule has 1 aromatic carbocycles. The summed E-state index contributed by atoms with van der Waals surface area (Å²) < 4.78 is 5.55. The van der Waals surface area contributed by atoms with Gasteiger partial charge in [-0.3, -0.25) is 4.79 Å². The molecule has 0 saturated carbocycles. The summed E-state index contributed by atoms with van der Waals surface area (Å²) in [5, 5.41) is 7.51. The minimum Gasteiger partial charge on any atom is -0.492 e. The van der Waals surface area contributed by atoms with Crippen LogP contribution in [0, 0.1) is 0 Å². The molecule has 2 aromatic rings. The molecule has 0 fully saturated rings. The second kappa shape index (κ2) is 8.35. The average molecular weight is 347 g/mol. The van der Waals surface area contributed by atoms with Gasteiger partial charge in [0.05, 0.1) is 18.8 Å². The van der Waals surface area contributed by atoms with Crippen LogP contribution in [0.1, 0.15) is 22.2 Å². The van der Waals surface area contributed by atoms with Crippen molar-refractivity contribution in [1.82, 2.24) is 10.2 Å². The number of carbonyl (C=O) groups excluding carboxylic acids is 2. The van der Waals surface area contributed by atoms with E-state index in [-0.39, 0.29) is 11.9 Å². The molecule has 0 unspecified atom stereocenters. The highest BCUT2D eigenvalue weighted by atomic mass is 32.1. The number of benzene rings is 1. The van der Waals surface area contributed by atoms with E-state index in [2.05, 4.69) is 10.6 Å². The van der Waals surface area contributed by atoms with Crippen molar-refractivity contribution >= 4 is 29.0 Å². The Bertz CT molecular complexity index is 699. The summed E-state index contributed by atoms with van der Waals surface area (Å²) in [5.74, 6) is 0.348. The molecule has 24 heavy (non-hydrogen) atoms. The number of carbonyl (C=O) groups is 2. The summed E-state index contributed by atoms with van der Waals surface area (Å²) in [7, 11) is 3.37. The standard InChI is InChI=1S/C17H21N3O3S/c1-4-23-15-10-12(16(21)20(2)3)7-8-14(15)19-17(22)18-11-13-6-5-9-24-13/h5-10H,4,11H2,1-3H3,(H2,18,19,22). The molecule has 0 spiro atoms. The highest BCUT2D eigenvalue weighted by Gasteiger charge is 2.13. The Balaban J connectivity index is 2.07. The first kappa shape index (κ1) is 17.8. The van der Waals surface area contributed by atoms with Gasteiger partial charge in [-0.15, -0.1) is 11.3 Å². The number of rotatable bonds is 6. The van der Waals surface area contributed by atoms with Crippen LogP contribution in [-0.4, -0.2) is 37.5 Å². The van der Waals surface area contributed by atoms with Crippen molar-refractivity contribution < 1.29 is 14.3 Å². The van der Waals surface area contributed by atoms with Crippen LogP contribution in [0.3, 0.4) is 0 Å². The summed E-state index contributed by atoms with van der Waals surface area (Å²) in [6, 6.07) is 8.55. The van der Waals surface area contributed by atoms with Crippen LogP contribution in [-0.2, 0) is 6.54 Å². The Kier molecular flexibility index (Phi) is 6.20. The monoisotopic (exact) mass is 347 g/mol. The van der Waals surface area contributed by atoms with E-state index in [1.165, 1.54) is 4.90 Å². The molecule has 0 radical (unpaired) electrons. The van der Waals surface area contributed by atoms with Gasteiger partial charge in [-0.05, 0) is 36.6 Å². The van der Waals surface area contributed by atoms with E-state index in [0.717, 1.165) is 4.88 Å². The van der Waals surface area contributed by atoms with E-state index < -0.39 is 0 Å². The minimum atomic E-state index is -0.323. The molecule has 1 heterocycles. The van der Waals surface area contributed by atoms with Crippen LogP contribution < -0.4 is 15.4 Å². The van der Waals surface area contributed by atoms with Crippen LogP contribution in [0.15, 0.2) is 35.7 Å². The number of thiophene rings is 1. The molecule has 6 nitrogen and oxygen atoms in total. The van der Waals surface area contributed by atoms with E-state index >= 15 is 0 Å². The van der Waals surface area contributed by atoms with Gasteiger partial charge in [-0.25, -0.2) is 4.79 Å². The van der Waals surface area contributed by atoms with Gasteiger partial charge >= 0.3 is 6.03 Å². The van der Waals surface area contributed by atoms with Crippen molar-refractivity contribution in [2.24, 2.45) is 0 Å². The van der Waals surface area contributed by atoms with Crippen LogP contribution in [0.4, 0.5) is 10.5 Å². The van der Waals surface area contributed by atoms with Gasteiger partial charge in [0, 0.05) is 24.5 Å². The van der Waals surface area contributed by atoms with Crippen LogP contribution in [0.5, 0.6) is 5.75 Å². The molecule has 128 valence electrons. The van der Waals surface area contributed by atoms with Crippen molar-refractivity contribution in [3.05, 3.63) is 46.2 Å². The molecule has 0 aliphatic rings. The zero-order valence-electron chi connectivity index (χ0n) is 14.0. The predicted molar refractivity (Wildman–Crippen MR) is 95.8 cm³/mol. The first-order chi connectivity index (χ1) is 11.5. The van der Waals surface area contributed by atoms with Gasteiger partial charge in [0.25, 0.3) is 5.91 Å². The van der Waals surface area contributed by atoms with Gasteiger partial charge in [-0.2, -0.15) is 0 Å². The Hall–Kier alpha value is -2.54. The maximum absolute atomic E-state index is 12.0. The number of nitrogens with zero attached hydrogens (tertiary/aromatic N) is 1. The van der Waals surface area contributed by atoms with Crippen molar-refractivity contribution in [3.63, 3.8) is 0 Å². The Morgan fingerprint density at radius 1 is 1.25 bits per heavy atom. The lowest BCUT2D eigenvalue weighted by Gasteiger charge is -2.15. The number of anilines is 1. The largest absolute Gasteiger partial charge is 0.492 e. The number of nitrogens with one attached hydrogen (secondary N) is 2. The van der Waals surface area contributed by atoms with E-state index in [1.807, 2.05) is 24.4 Å². The number of hydrogen-bond donors (Lipinski definition) is 2. The molecule has 3 amide bonds. The van der Waals surface area contributed by atoms with Crippen molar-refractivity contribution in [3.8, 4) is 5.75 Å². The molecule has 0 bridgehead atoms. The molecule has 2 N–H and O–H groups in total. The fraction of sp³-hybridized carbons (Fsp3) is 0.294. The Morgan fingerprint density at radius 2 is 2.04 bits per heavy atom. The zero-order valence-corrected chi connectivity index (χ0v) is 14.8. The minimum absolute atomic E-state index is 0.121. The molecule has 1 aromatic heterocycles. The number of ether oxygens (including phenoxy) is 1. The number of urea groups is 1. The fourth-order valence-corrected chi connectivity index (χ4v) is 2.68. The predicted octanol–water partition coefficient (Wildman–Crippen LogP) is 3.17. The van der Waals surface area contributed by atoms with E-state index in [1.54, 1.807) is 43.6 Å². The van der Waals surface area contributed by atoms with E-state index in [9.17, 15) is 9.59 Å². The molecule has 0 aliphatic carbocycles. The first-order valence-electron chi connectivity index (χ1n) is 7.57. The molecule has 0 saturated heterocycles. The fourth-order valence-electron chi connectivity index (χ4n) is 2.04. The molecule has 2 rings (SSSR count). The van der Waals surface area contributed by atoms with Crippen molar-refractivity contribution in [1.29, 1.82) is 0 Å². The first-order valence-corrected chi connectivity index (χ1v) is 8.45. The topological polar surface area (TPSA) is 70.7 Å². The smallest absolute Gasteiger partial charge is 0.319 e. The Labute approximate surface area is 145 Å². The summed E-state index contributed by atoms with van der Waals surface area (Å²) in [6.07, 6.45) is 0. The third-order valence-electron chi connectivity index (χ3n) is 3.19. The Morgan fingerprint density at radius 3 is 2.67 bits per heavy atom. The maximum atomic E-state index is 12.0. The normalized spacial score (nSPS) is 10.1. The third-order valence-corrected chi connectivity index (χ3v) is 4.06. The molecule has 7 heteroatoms. The van der Waals surface area contributed by atoms with Crippen LogP contribution >= 0.6 is 11.3 Å². The van der Waals surface area contributed by atoms with Crippen molar-refractivity contribution in [2.75, 3.05) is 26.0 Å². The van der Waals surface area contributed by atoms with Crippen LogP contribution in [0.2, 0.25) is 0 Å². The highest BCUT2D eigenvalue weighted by molar-refractivity contribution is 7.09. The average Bonchev–Trinajstić information content (AvgIpc) is 3.07. The lowest BCUT2D eigenvalue weighted by atomic mass is 10.1. The molecule has 0 atom stereocenters.